The van der Waals surface area contributed by atoms with Gasteiger partial charge in [0, 0.05) is 5.57 Å². The van der Waals surface area contributed by atoms with Gasteiger partial charge in [0.15, 0.2) is 0 Å². The predicted octanol–water partition coefficient (Wildman–Crippen LogP) is 1.26. The summed E-state index contributed by atoms with van der Waals surface area (Å²) in [4.78, 5) is 0. The van der Waals surface area contributed by atoms with E-state index in [0.29, 0.717) is 0 Å². The number of hydrogen-bond acceptors (Lipinski definition) is 1. The lowest BCUT2D eigenvalue weighted by atomic mass is 10.1. The van der Waals surface area contributed by atoms with E-state index in [9.17, 15) is 0 Å². The maximum absolute atomic E-state index is 8.37. The van der Waals surface area contributed by atoms with Crippen molar-refractivity contribution in [3.8, 4) is 11.8 Å². The summed E-state index contributed by atoms with van der Waals surface area (Å²) in [7, 11) is 0. The van der Waals surface area contributed by atoms with Crippen molar-refractivity contribution in [3.63, 3.8) is 0 Å². The van der Waals surface area contributed by atoms with Crippen molar-refractivity contribution in [1.82, 2.24) is 0 Å². The van der Waals surface area contributed by atoms with Crippen LogP contribution in [0.25, 0.3) is 0 Å². The van der Waals surface area contributed by atoms with Crippen LogP contribution in [-0.4, -0.2) is 11.7 Å². The molecule has 1 N–H and O–H groups in total. The van der Waals surface area contributed by atoms with Gasteiger partial charge in [-0.1, -0.05) is 30.1 Å². The molecule has 1 aliphatic carbocycles. The van der Waals surface area contributed by atoms with E-state index < -0.39 is 0 Å². The second kappa shape index (κ2) is 3.92. The summed E-state index contributed by atoms with van der Waals surface area (Å²) in [5.74, 6) is 5.45. The highest BCUT2D eigenvalue weighted by Crippen LogP contribution is 2.07. The summed E-state index contributed by atoms with van der Waals surface area (Å²) in [5.41, 5.74) is 1.03. The highest BCUT2D eigenvalue weighted by atomic mass is 16.2. The fourth-order valence-corrected chi connectivity index (χ4v) is 0.848. The van der Waals surface area contributed by atoms with Crippen molar-refractivity contribution in [2.24, 2.45) is 0 Å². The second-order valence-corrected chi connectivity index (χ2v) is 2.10. The smallest absolute Gasteiger partial charge is 0.104 e. The molecular formula is C9H10O. The summed E-state index contributed by atoms with van der Waals surface area (Å²) in [6.07, 6.45) is 8.37. The van der Waals surface area contributed by atoms with Gasteiger partial charge in [-0.05, 0) is 12.8 Å². The Morgan fingerprint density at radius 3 is 3.00 bits per heavy atom. The van der Waals surface area contributed by atoms with Gasteiger partial charge in [0.1, 0.15) is 6.61 Å². The van der Waals surface area contributed by atoms with Gasteiger partial charge in [0.2, 0.25) is 0 Å². The molecule has 0 saturated carbocycles. The SMILES string of the molecule is OCC#CC1=CCCC=C1. The molecule has 1 aliphatic rings. The Morgan fingerprint density at radius 2 is 2.40 bits per heavy atom. The summed E-state index contributed by atoms with van der Waals surface area (Å²) < 4.78 is 0. The standard InChI is InChI=1S/C9H10O/c10-8-4-7-9-5-2-1-3-6-9/h2,5-6,10H,1,3,8H2. The Morgan fingerprint density at radius 1 is 1.50 bits per heavy atom. The quantitative estimate of drug-likeness (QED) is 0.494. The third kappa shape index (κ3) is 2.08. The monoisotopic (exact) mass is 134 g/mol. The van der Waals surface area contributed by atoms with Crippen LogP contribution in [-0.2, 0) is 0 Å². The number of aliphatic hydroxyl groups is 1. The molecule has 0 spiro atoms. The highest BCUT2D eigenvalue weighted by Gasteiger charge is 1.90. The van der Waals surface area contributed by atoms with E-state index in [1.54, 1.807) is 0 Å². The van der Waals surface area contributed by atoms with Crippen LogP contribution in [0.4, 0.5) is 0 Å². The molecule has 0 saturated heterocycles. The van der Waals surface area contributed by atoms with Crippen molar-refractivity contribution in [2.45, 2.75) is 12.8 Å². The maximum Gasteiger partial charge on any atom is 0.104 e. The molecule has 0 unspecified atom stereocenters. The van der Waals surface area contributed by atoms with Crippen LogP contribution >= 0.6 is 0 Å². The van der Waals surface area contributed by atoms with Crippen molar-refractivity contribution >= 4 is 0 Å². The molecule has 1 nitrogen and oxygen atoms in total. The molecule has 0 heterocycles. The first-order valence-electron chi connectivity index (χ1n) is 3.40. The van der Waals surface area contributed by atoms with E-state index in [-0.39, 0.29) is 6.61 Å². The highest BCUT2D eigenvalue weighted by molar-refractivity contribution is 5.39. The van der Waals surface area contributed by atoms with E-state index in [4.69, 9.17) is 5.11 Å². The van der Waals surface area contributed by atoms with Gasteiger partial charge in [-0.15, -0.1) is 0 Å². The second-order valence-electron chi connectivity index (χ2n) is 2.10. The van der Waals surface area contributed by atoms with Crippen LogP contribution in [0.15, 0.2) is 23.8 Å². The third-order valence-electron chi connectivity index (χ3n) is 1.31. The molecule has 0 aromatic heterocycles. The normalized spacial score (nSPS) is 15.5. The molecule has 52 valence electrons. The zero-order valence-electron chi connectivity index (χ0n) is 5.80. The molecule has 1 rings (SSSR count). The Labute approximate surface area is 61.1 Å². The van der Waals surface area contributed by atoms with Gasteiger partial charge in [-0.3, -0.25) is 0 Å². The molecule has 0 fully saturated rings. The molecule has 1 heteroatoms. The third-order valence-corrected chi connectivity index (χ3v) is 1.31. The summed E-state index contributed by atoms with van der Waals surface area (Å²) in [6, 6.07) is 0. The molecule has 10 heavy (non-hydrogen) atoms. The van der Waals surface area contributed by atoms with Gasteiger partial charge < -0.3 is 5.11 Å². The molecule has 0 aromatic rings. The van der Waals surface area contributed by atoms with E-state index >= 15 is 0 Å². The average Bonchev–Trinajstić information content (AvgIpc) is 2.03. The Bertz CT molecular complexity index is 213. The topological polar surface area (TPSA) is 20.2 Å². The zero-order chi connectivity index (χ0) is 7.23. The van der Waals surface area contributed by atoms with Crippen LogP contribution in [0.5, 0.6) is 0 Å². The lowest BCUT2D eigenvalue weighted by Crippen LogP contribution is -1.81. The number of aliphatic hydroxyl groups excluding tert-OH is 1. The maximum atomic E-state index is 8.37. The van der Waals surface area contributed by atoms with Crippen molar-refractivity contribution in [3.05, 3.63) is 23.8 Å². The predicted molar refractivity (Wildman–Crippen MR) is 41.3 cm³/mol. The van der Waals surface area contributed by atoms with Gasteiger partial charge in [0.05, 0.1) is 0 Å². The van der Waals surface area contributed by atoms with Crippen LogP contribution in [0.2, 0.25) is 0 Å². The Hall–Kier alpha value is -1.00. The first-order valence-corrected chi connectivity index (χ1v) is 3.40. The fraction of sp³-hybridized carbons (Fsp3) is 0.333. The number of allylic oxidation sites excluding steroid dienone is 4. The number of hydrogen-bond donors (Lipinski definition) is 1. The van der Waals surface area contributed by atoms with Crippen molar-refractivity contribution < 1.29 is 5.11 Å². The lowest BCUT2D eigenvalue weighted by Gasteiger charge is -1.96. The summed E-state index contributed by atoms with van der Waals surface area (Å²) in [6.45, 7) is -0.0504. The minimum absolute atomic E-state index is 0.0504. The Kier molecular flexibility index (Phi) is 2.79. The minimum atomic E-state index is -0.0504. The molecule has 0 amide bonds. The first-order chi connectivity index (χ1) is 4.93. The first kappa shape index (κ1) is 7.11. The van der Waals surface area contributed by atoms with Crippen LogP contribution in [0.1, 0.15) is 12.8 Å². The van der Waals surface area contributed by atoms with Crippen LogP contribution in [0.3, 0.4) is 0 Å². The summed E-state index contributed by atoms with van der Waals surface area (Å²) >= 11 is 0. The molecular weight excluding hydrogens is 124 g/mol. The molecule has 0 radical (unpaired) electrons. The van der Waals surface area contributed by atoms with Gasteiger partial charge >= 0.3 is 0 Å². The molecule has 0 aliphatic heterocycles. The average molecular weight is 134 g/mol. The van der Waals surface area contributed by atoms with E-state index in [1.807, 2.05) is 6.08 Å². The van der Waals surface area contributed by atoms with Gasteiger partial charge in [-0.2, -0.15) is 0 Å². The fourth-order valence-electron chi connectivity index (χ4n) is 0.848. The lowest BCUT2D eigenvalue weighted by molar-refractivity contribution is 0.350. The number of rotatable bonds is 0. The Balaban J connectivity index is 2.55. The van der Waals surface area contributed by atoms with E-state index in [0.717, 1.165) is 18.4 Å². The zero-order valence-corrected chi connectivity index (χ0v) is 5.80. The molecule has 0 aromatic carbocycles. The van der Waals surface area contributed by atoms with Crippen LogP contribution < -0.4 is 0 Å². The van der Waals surface area contributed by atoms with E-state index in [2.05, 4.69) is 24.0 Å². The van der Waals surface area contributed by atoms with Crippen molar-refractivity contribution in [2.75, 3.05) is 6.61 Å². The van der Waals surface area contributed by atoms with Crippen LogP contribution in [0, 0.1) is 11.8 Å². The van der Waals surface area contributed by atoms with Crippen molar-refractivity contribution in [1.29, 1.82) is 0 Å². The molecule has 0 bridgehead atoms. The van der Waals surface area contributed by atoms with Gasteiger partial charge in [0.25, 0.3) is 0 Å². The summed E-state index contributed by atoms with van der Waals surface area (Å²) in [5, 5.41) is 8.37. The van der Waals surface area contributed by atoms with E-state index in [1.165, 1.54) is 0 Å². The van der Waals surface area contributed by atoms with Gasteiger partial charge in [-0.25, -0.2) is 0 Å². The largest absolute Gasteiger partial charge is 0.384 e. The minimum Gasteiger partial charge on any atom is -0.384 e. The molecule has 0 atom stereocenters.